The number of hydrogen-bond acceptors (Lipinski definition) is 3. The summed E-state index contributed by atoms with van der Waals surface area (Å²) in [6.45, 7) is 5.07. The van der Waals surface area contributed by atoms with E-state index in [2.05, 4.69) is 6.92 Å². The summed E-state index contributed by atoms with van der Waals surface area (Å²) < 4.78 is 4.92. The molecule has 0 aliphatic rings. The van der Waals surface area contributed by atoms with Gasteiger partial charge in [-0.25, -0.2) is 0 Å². The zero-order valence-corrected chi connectivity index (χ0v) is 8.04. The van der Waals surface area contributed by atoms with Gasteiger partial charge in [0.1, 0.15) is 6.10 Å². The highest BCUT2D eigenvalue weighted by Gasteiger charge is 2.16. The van der Waals surface area contributed by atoms with Crippen LogP contribution in [0.3, 0.4) is 0 Å². The number of carbonyl (C=O) groups is 1. The molecule has 2 unspecified atom stereocenters. The highest BCUT2D eigenvalue weighted by Crippen LogP contribution is 2.09. The fourth-order valence-electron chi connectivity index (χ4n) is 1.02. The topological polar surface area (TPSA) is 46.5 Å². The van der Waals surface area contributed by atoms with Gasteiger partial charge in [0.05, 0.1) is 6.10 Å². The van der Waals surface area contributed by atoms with Crippen molar-refractivity contribution in [3.05, 3.63) is 0 Å². The van der Waals surface area contributed by atoms with E-state index in [9.17, 15) is 9.90 Å². The maximum absolute atomic E-state index is 10.6. The molecule has 0 fully saturated rings. The first-order chi connectivity index (χ1) is 5.57. The van der Waals surface area contributed by atoms with Gasteiger partial charge in [-0.2, -0.15) is 0 Å². The SMILES string of the molecule is CCCCC(OC(C)=O)C(C)O. The highest BCUT2D eigenvalue weighted by atomic mass is 16.6. The van der Waals surface area contributed by atoms with Gasteiger partial charge in [-0.3, -0.25) is 4.79 Å². The summed E-state index contributed by atoms with van der Waals surface area (Å²) in [6, 6.07) is 0. The van der Waals surface area contributed by atoms with Gasteiger partial charge >= 0.3 is 5.97 Å². The Kier molecular flexibility index (Phi) is 5.72. The van der Waals surface area contributed by atoms with Crippen molar-refractivity contribution in [1.29, 1.82) is 0 Å². The molecule has 0 radical (unpaired) electrons. The molecule has 0 rings (SSSR count). The second-order valence-corrected chi connectivity index (χ2v) is 3.03. The lowest BCUT2D eigenvalue weighted by molar-refractivity contribution is -0.152. The minimum atomic E-state index is -0.569. The zero-order valence-electron chi connectivity index (χ0n) is 8.04. The van der Waals surface area contributed by atoms with Crippen LogP contribution in [0, 0.1) is 0 Å². The van der Waals surface area contributed by atoms with Crippen molar-refractivity contribution in [2.75, 3.05) is 0 Å². The van der Waals surface area contributed by atoms with E-state index in [0.29, 0.717) is 0 Å². The summed E-state index contributed by atoms with van der Waals surface area (Å²) in [7, 11) is 0. The molecule has 0 heterocycles. The average Bonchev–Trinajstić information content (AvgIpc) is 1.96. The largest absolute Gasteiger partial charge is 0.460 e. The fraction of sp³-hybridized carbons (Fsp3) is 0.889. The van der Waals surface area contributed by atoms with Crippen molar-refractivity contribution in [2.45, 2.75) is 52.2 Å². The van der Waals surface area contributed by atoms with E-state index in [-0.39, 0.29) is 12.1 Å². The van der Waals surface area contributed by atoms with Crippen LogP contribution in [0.5, 0.6) is 0 Å². The minimum Gasteiger partial charge on any atom is -0.460 e. The minimum absolute atomic E-state index is 0.322. The fourth-order valence-corrected chi connectivity index (χ4v) is 1.02. The highest BCUT2D eigenvalue weighted by molar-refractivity contribution is 5.66. The molecule has 3 nitrogen and oxygen atoms in total. The van der Waals surface area contributed by atoms with E-state index >= 15 is 0 Å². The zero-order chi connectivity index (χ0) is 9.56. The maximum atomic E-state index is 10.6. The normalized spacial score (nSPS) is 15.3. The molecule has 0 aliphatic carbocycles. The molecule has 1 N–H and O–H groups in total. The molecule has 0 aliphatic heterocycles. The molecule has 72 valence electrons. The van der Waals surface area contributed by atoms with E-state index < -0.39 is 6.10 Å². The van der Waals surface area contributed by atoms with Gasteiger partial charge in [-0.15, -0.1) is 0 Å². The smallest absolute Gasteiger partial charge is 0.302 e. The van der Waals surface area contributed by atoms with Gasteiger partial charge in [-0.05, 0) is 19.8 Å². The lowest BCUT2D eigenvalue weighted by Gasteiger charge is -2.19. The van der Waals surface area contributed by atoms with Crippen LogP contribution < -0.4 is 0 Å². The average molecular weight is 174 g/mol. The van der Waals surface area contributed by atoms with E-state index in [1.807, 2.05) is 0 Å². The first-order valence-corrected chi connectivity index (χ1v) is 4.43. The quantitative estimate of drug-likeness (QED) is 0.642. The molecule has 2 atom stereocenters. The third kappa shape index (κ3) is 5.13. The number of aliphatic hydroxyl groups excluding tert-OH is 1. The first-order valence-electron chi connectivity index (χ1n) is 4.43. The second kappa shape index (κ2) is 6.00. The Labute approximate surface area is 73.7 Å². The van der Waals surface area contributed by atoms with Gasteiger partial charge in [0, 0.05) is 6.92 Å². The summed E-state index contributed by atoms with van der Waals surface area (Å²) >= 11 is 0. The van der Waals surface area contributed by atoms with Crippen molar-refractivity contribution >= 4 is 5.97 Å². The summed E-state index contributed by atoms with van der Waals surface area (Å²) in [6.07, 6.45) is 1.86. The lowest BCUT2D eigenvalue weighted by atomic mass is 10.1. The number of ether oxygens (including phenoxy) is 1. The van der Waals surface area contributed by atoms with Crippen molar-refractivity contribution in [2.24, 2.45) is 0 Å². The third-order valence-electron chi connectivity index (χ3n) is 1.70. The van der Waals surface area contributed by atoms with Gasteiger partial charge in [0.15, 0.2) is 0 Å². The molecule has 0 spiro atoms. The first kappa shape index (κ1) is 11.4. The number of carbonyl (C=O) groups excluding carboxylic acids is 1. The van der Waals surface area contributed by atoms with Crippen molar-refractivity contribution in [3.63, 3.8) is 0 Å². The summed E-state index contributed by atoms with van der Waals surface area (Å²) in [5.74, 6) is -0.322. The van der Waals surface area contributed by atoms with E-state index in [4.69, 9.17) is 4.74 Å². The van der Waals surface area contributed by atoms with Crippen LogP contribution in [0.1, 0.15) is 40.0 Å². The molecule has 0 bridgehead atoms. The van der Waals surface area contributed by atoms with Crippen LogP contribution in [-0.4, -0.2) is 23.3 Å². The van der Waals surface area contributed by atoms with Crippen molar-refractivity contribution in [3.8, 4) is 0 Å². The van der Waals surface area contributed by atoms with Crippen LogP contribution in [0.15, 0.2) is 0 Å². The molecule has 0 aromatic rings. The Hall–Kier alpha value is -0.570. The molecule has 0 aromatic carbocycles. The lowest BCUT2D eigenvalue weighted by Crippen LogP contribution is -2.28. The maximum Gasteiger partial charge on any atom is 0.302 e. The molecule has 0 amide bonds. The Morgan fingerprint density at radius 1 is 1.58 bits per heavy atom. The molecular formula is C9H18O3. The molecular weight excluding hydrogens is 156 g/mol. The molecule has 3 heteroatoms. The molecule has 12 heavy (non-hydrogen) atoms. The number of hydrogen-bond donors (Lipinski definition) is 1. The van der Waals surface area contributed by atoms with Crippen LogP contribution in [0.2, 0.25) is 0 Å². The third-order valence-corrected chi connectivity index (χ3v) is 1.70. The number of unbranched alkanes of at least 4 members (excludes halogenated alkanes) is 1. The number of esters is 1. The van der Waals surface area contributed by atoms with Crippen LogP contribution in [-0.2, 0) is 9.53 Å². The van der Waals surface area contributed by atoms with Crippen LogP contribution in [0.25, 0.3) is 0 Å². The molecule has 0 saturated carbocycles. The van der Waals surface area contributed by atoms with E-state index in [1.165, 1.54) is 6.92 Å². The van der Waals surface area contributed by atoms with Gasteiger partial charge in [0.2, 0.25) is 0 Å². The molecule has 0 saturated heterocycles. The molecule has 0 aromatic heterocycles. The van der Waals surface area contributed by atoms with Gasteiger partial charge in [0.25, 0.3) is 0 Å². The van der Waals surface area contributed by atoms with E-state index in [1.54, 1.807) is 6.92 Å². The summed E-state index contributed by atoms with van der Waals surface area (Å²) in [5.41, 5.74) is 0. The van der Waals surface area contributed by atoms with Crippen molar-refractivity contribution < 1.29 is 14.6 Å². The van der Waals surface area contributed by atoms with E-state index in [0.717, 1.165) is 19.3 Å². The van der Waals surface area contributed by atoms with Crippen molar-refractivity contribution in [1.82, 2.24) is 0 Å². The van der Waals surface area contributed by atoms with Crippen LogP contribution >= 0.6 is 0 Å². The standard InChI is InChI=1S/C9H18O3/c1-4-5-6-9(7(2)10)12-8(3)11/h7,9-10H,4-6H2,1-3H3. The number of rotatable bonds is 5. The monoisotopic (exact) mass is 174 g/mol. The van der Waals surface area contributed by atoms with Gasteiger partial charge in [-0.1, -0.05) is 13.3 Å². The summed E-state index contributed by atoms with van der Waals surface area (Å²) in [4.78, 5) is 10.6. The van der Waals surface area contributed by atoms with Gasteiger partial charge < -0.3 is 9.84 Å². The Bertz CT molecular complexity index is 132. The Balaban J connectivity index is 3.78. The predicted molar refractivity (Wildman–Crippen MR) is 46.8 cm³/mol. The predicted octanol–water partition coefficient (Wildman–Crippen LogP) is 1.49. The van der Waals surface area contributed by atoms with Crippen LogP contribution in [0.4, 0.5) is 0 Å². The second-order valence-electron chi connectivity index (χ2n) is 3.03. The number of aliphatic hydroxyl groups is 1. The Morgan fingerprint density at radius 3 is 2.50 bits per heavy atom. The summed E-state index contributed by atoms with van der Waals surface area (Å²) in [5, 5.41) is 9.21. The Morgan fingerprint density at radius 2 is 2.17 bits per heavy atom.